The highest BCUT2D eigenvalue weighted by Gasteiger charge is 2.53. The molecule has 3 aliphatic carbocycles. The standard InChI is InChI=1S/C35H50N6O8/c1-35(2,3)29(40-31(45)26(20-8-5-4-6-9-20)39-30(44)24-18-36-15-16-37-24)33(47)41-19-21-10-7-11-23(21)27(41)34(48)49-25(14-17-42)28(43)32(46)38-22-12-13-22/h15-16,18,20-23,25-27,29,42H,4-14,17,19H2,1-3H3,(H,38,46)(H,39,44)(H,40,45)/t21-,23-,25-,26?,27-,29?/m0/s1. The third kappa shape index (κ3) is 8.81. The quantitative estimate of drug-likeness (QED) is 0.175. The van der Waals surface area contributed by atoms with Gasteiger partial charge in [0.05, 0.1) is 6.20 Å². The van der Waals surface area contributed by atoms with E-state index in [1.165, 1.54) is 23.5 Å². The summed E-state index contributed by atoms with van der Waals surface area (Å²) < 4.78 is 5.65. The van der Waals surface area contributed by atoms with Gasteiger partial charge in [0.15, 0.2) is 6.10 Å². The summed E-state index contributed by atoms with van der Waals surface area (Å²) in [4.78, 5) is 90.6. The molecule has 2 unspecified atom stereocenters. The molecule has 4 fully saturated rings. The predicted molar refractivity (Wildman–Crippen MR) is 175 cm³/mol. The van der Waals surface area contributed by atoms with Crippen LogP contribution in [0.3, 0.4) is 0 Å². The molecular weight excluding hydrogens is 632 g/mol. The smallest absolute Gasteiger partial charge is 0.329 e. The number of esters is 1. The Hall–Kier alpha value is -3.94. The Labute approximate surface area is 286 Å². The van der Waals surface area contributed by atoms with Crippen molar-refractivity contribution in [2.75, 3.05) is 13.2 Å². The first-order valence-electron chi connectivity index (χ1n) is 17.7. The molecular formula is C35H50N6O8. The van der Waals surface area contributed by atoms with Gasteiger partial charge in [-0.1, -0.05) is 46.5 Å². The molecule has 1 aromatic heterocycles. The molecule has 0 spiro atoms. The van der Waals surface area contributed by atoms with Crippen molar-refractivity contribution in [3.63, 3.8) is 0 Å². The Morgan fingerprint density at radius 1 is 0.959 bits per heavy atom. The van der Waals surface area contributed by atoms with Crippen LogP contribution in [0.5, 0.6) is 0 Å². The van der Waals surface area contributed by atoms with Crippen molar-refractivity contribution in [1.82, 2.24) is 30.8 Å². The number of nitrogens with zero attached hydrogens (tertiary/aromatic N) is 3. The minimum Gasteiger partial charge on any atom is -0.452 e. The zero-order valence-corrected chi connectivity index (χ0v) is 28.7. The van der Waals surface area contributed by atoms with Gasteiger partial charge in [0.25, 0.3) is 17.6 Å². The molecule has 5 rings (SSSR count). The number of carbonyl (C=O) groups excluding carboxylic acids is 6. The molecule has 0 bridgehead atoms. The summed E-state index contributed by atoms with van der Waals surface area (Å²) >= 11 is 0. The van der Waals surface area contributed by atoms with Gasteiger partial charge in [0, 0.05) is 38.0 Å². The van der Waals surface area contributed by atoms with Gasteiger partial charge in [-0.2, -0.15) is 0 Å². The number of carbonyl (C=O) groups is 6. The number of ether oxygens (including phenoxy) is 1. The number of hydrogen-bond acceptors (Lipinski definition) is 10. The van der Waals surface area contributed by atoms with E-state index in [1.807, 2.05) is 20.8 Å². The van der Waals surface area contributed by atoms with E-state index in [0.717, 1.165) is 57.8 Å². The van der Waals surface area contributed by atoms with E-state index in [1.54, 1.807) is 0 Å². The number of rotatable bonds is 13. The van der Waals surface area contributed by atoms with Crippen molar-refractivity contribution < 1.29 is 38.6 Å². The third-order valence-electron chi connectivity index (χ3n) is 10.4. The summed E-state index contributed by atoms with van der Waals surface area (Å²) in [6.07, 6.45) is 10.7. The number of Topliss-reactive ketones (excluding diaryl/α,β-unsaturated/α-hetero) is 1. The molecule has 6 atom stereocenters. The average molecular weight is 683 g/mol. The number of aromatic nitrogens is 2. The van der Waals surface area contributed by atoms with Crippen molar-refractivity contribution in [2.45, 2.75) is 122 Å². The number of fused-ring (bicyclic) bond motifs is 1. The first-order valence-corrected chi connectivity index (χ1v) is 17.7. The van der Waals surface area contributed by atoms with Crippen LogP contribution in [0.15, 0.2) is 18.6 Å². The number of aliphatic hydroxyl groups is 1. The molecule has 1 aliphatic heterocycles. The molecule has 2 heterocycles. The molecule has 4 N–H and O–H groups in total. The minimum absolute atomic E-state index is 0.0317. The summed E-state index contributed by atoms with van der Waals surface area (Å²) in [5.74, 6) is -4.41. The molecule has 4 amide bonds. The zero-order valence-electron chi connectivity index (χ0n) is 28.7. The summed E-state index contributed by atoms with van der Waals surface area (Å²) in [6, 6.07) is -3.08. The second-order valence-electron chi connectivity index (χ2n) is 15.1. The lowest BCUT2D eigenvalue weighted by Crippen LogP contribution is -2.61. The average Bonchev–Trinajstić information content (AvgIpc) is 3.65. The third-order valence-corrected chi connectivity index (χ3v) is 10.4. The Balaban J connectivity index is 1.36. The molecule has 14 nitrogen and oxygen atoms in total. The van der Waals surface area contributed by atoms with Crippen LogP contribution in [0.2, 0.25) is 0 Å². The lowest BCUT2D eigenvalue weighted by molar-refractivity contribution is -0.166. The van der Waals surface area contributed by atoms with E-state index in [4.69, 9.17) is 4.74 Å². The van der Waals surface area contributed by atoms with E-state index in [-0.39, 0.29) is 42.5 Å². The molecule has 14 heteroatoms. The van der Waals surface area contributed by atoms with Gasteiger partial charge in [-0.3, -0.25) is 29.0 Å². The summed E-state index contributed by atoms with van der Waals surface area (Å²) in [6.45, 7) is 5.27. The van der Waals surface area contributed by atoms with Gasteiger partial charge in [0.2, 0.25) is 11.8 Å². The second kappa shape index (κ2) is 15.7. The van der Waals surface area contributed by atoms with Crippen LogP contribution in [0.4, 0.5) is 0 Å². The SMILES string of the molecule is CC(C)(C)C(NC(=O)C(NC(=O)c1cnccn1)C1CCCCC1)C(=O)N1C[C@@H]2CCC[C@@H]2[C@H]1C(=O)O[C@@H](CCO)C(=O)C(=O)NC1CC1. The maximum Gasteiger partial charge on any atom is 0.329 e. The first kappa shape index (κ1) is 36.3. The molecule has 268 valence electrons. The second-order valence-corrected chi connectivity index (χ2v) is 15.1. The molecule has 4 aliphatic rings. The van der Waals surface area contributed by atoms with Crippen molar-refractivity contribution in [3.8, 4) is 0 Å². The molecule has 0 aromatic carbocycles. The highest BCUT2D eigenvalue weighted by molar-refractivity contribution is 6.38. The topological polar surface area (TPSA) is 197 Å². The first-order chi connectivity index (χ1) is 23.4. The van der Waals surface area contributed by atoms with Gasteiger partial charge in [-0.25, -0.2) is 9.78 Å². The van der Waals surface area contributed by atoms with Crippen molar-refractivity contribution in [3.05, 3.63) is 24.3 Å². The van der Waals surface area contributed by atoms with Crippen LogP contribution in [0, 0.1) is 23.2 Å². The van der Waals surface area contributed by atoms with Gasteiger partial charge in [-0.05, 0) is 61.7 Å². The van der Waals surface area contributed by atoms with Crippen molar-refractivity contribution >= 4 is 35.4 Å². The zero-order chi connectivity index (χ0) is 35.3. The van der Waals surface area contributed by atoms with Crippen LogP contribution in [0.1, 0.15) is 102 Å². The molecule has 49 heavy (non-hydrogen) atoms. The maximum absolute atomic E-state index is 14.5. The monoisotopic (exact) mass is 682 g/mol. The van der Waals surface area contributed by atoms with E-state index >= 15 is 0 Å². The minimum atomic E-state index is -1.49. The summed E-state index contributed by atoms with van der Waals surface area (Å²) in [5.41, 5.74) is -0.714. The molecule has 1 aromatic rings. The fourth-order valence-electron chi connectivity index (χ4n) is 7.58. The number of ketones is 1. The Bertz CT molecular complexity index is 1390. The van der Waals surface area contributed by atoms with Crippen LogP contribution < -0.4 is 16.0 Å². The van der Waals surface area contributed by atoms with Gasteiger partial charge in [-0.15, -0.1) is 0 Å². The van der Waals surface area contributed by atoms with E-state index < -0.39 is 71.6 Å². The van der Waals surface area contributed by atoms with Gasteiger partial charge in [0.1, 0.15) is 23.8 Å². The number of amides is 4. The fraction of sp³-hybridized carbons (Fsp3) is 0.714. The van der Waals surface area contributed by atoms with Crippen LogP contribution in [0.25, 0.3) is 0 Å². The van der Waals surface area contributed by atoms with Crippen LogP contribution >= 0.6 is 0 Å². The molecule has 3 saturated carbocycles. The Morgan fingerprint density at radius 2 is 1.69 bits per heavy atom. The number of likely N-dealkylation sites (tertiary alicyclic amines) is 1. The predicted octanol–water partition coefficient (Wildman–Crippen LogP) is 1.46. The summed E-state index contributed by atoms with van der Waals surface area (Å²) in [5, 5.41) is 18.0. The van der Waals surface area contributed by atoms with Crippen molar-refractivity contribution in [1.29, 1.82) is 0 Å². The maximum atomic E-state index is 14.5. The fourth-order valence-corrected chi connectivity index (χ4v) is 7.58. The molecule has 1 saturated heterocycles. The lowest BCUT2D eigenvalue weighted by Gasteiger charge is -2.38. The van der Waals surface area contributed by atoms with E-state index in [9.17, 15) is 33.9 Å². The molecule has 0 radical (unpaired) electrons. The van der Waals surface area contributed by atoms with E-state index in [0.29, 0.717) is 6.42 Å². The van der Waals surface area contributed by atoms with Gasteiger partial charge < -0.3 is 30.7 Å². The van der Waals surface area contributed by atoms with E-state index in [2.05, 4.69) is 25.9 Å². The van der Waals surface area contributed by atoms with Crippen molar-refractivity contribution in [2.24, 2.45) is 23.2 Å². The number of aliphatic hydroxyl groups excluding tert-OH is 1. The number of hydrogen-bond donors (Lipinski definition) is 4. The summed E-state index contributed by atoms with van der Waals surface area (Å²) in [7, 11) is 0. The van der Waals surface area contributed by atoms with Crippen LogP contribution in [-0.4, -0.2) is 98.8 Å². The number of nitrogens with one attached hydrogen (secondary N) is 3. The van der Waals surface area contributed by atoms with Gasteiger partial charge >= 0.3 is 5.97 Å². The normalized spacial score (nSPS) is 24.2. The largest absolute Gasteiger partial charge is 0.452 e. The Morgan fingerprint density at radius 3 is 2.33 bits per heavy atom. The lowest BCUT2D eigenvalue weighted by atomic mass is 9.82. The highest BCUT2D eigenvalue weighted by Crippen LogP contribution is 2.43. The highest BCUT2D eigenvalue weighted by atomic mass is 16.5. The van der Waals surface area contributed by atoms with Crippen LogP contribution in [-0.2, 0) is 28.7 Å². The Kier molecular flexibility index (Phi) is 11.7.